The fraction of sp³-hybridized carbons (Fsp3) is 0.692. The Kier molecular flexibility index (Phi) is 4.49. The lowest BCUT2D eigenvalue weighted by Gasteiger charge is -2.22. The molecule has 0 bridgehead atoms. The summed E-state index contributed by atoms with van der Waals surface area (Å²) < 4.78 is 5.97. The van der Waals surface area contributed by atoms with E-state index in [1.54, 1.807) is 6.33 Å². The van der Waals surface area contributed by atoms with Gasteiger partial charge in [0.15, 0.2) is 0 Å². The first-order chi connectivity index (χ1) is 9.43. The maximum Gasteiger partial charge on any atom is 0.138 e. The Morgan fingerprint density at radius 1 is 1.40 bits per heavy atom. The molecule has 1 unspecified atom stereocenters. The van der Waals surface area contributed by atoms with Gasteiger partial charge in [-0.3, -0.25) is 4.68 Å². The fourth-order valence-corrected chi connectivity index (χ4v) is 3.08. The van der Waals surface area contributed by atoms with Crippen LogP contribution in [0.15, 0.2) is 6.33 Å². The van der Waals surface area contributed by atoms with Gasteiger partial charge in [0, 0.05) is 18.9 Å². The van der Waals surface area contributed by atoms with E-state index in [2.05, 4.69) is 52.7 Å². The van der Waals surface area contributed by atoms with Crippen molar-refractivity contribution in [2.24, 2.45) is 7.05 Å². The highest BCUT2D eigenvalue weighted by molar-refractivity contribution is 7.05. The standard InChI is InChI=1S/C13H22N6S/c1-6-14-9(7-10-15-8-16-19(10)5)11-12(13(2,3)4)17-18-20-11/h8-9,14H,6-7H2,1-5H3. The molecule has 2 aromatic rings. The molecule has 0 spiro atoms. The van der Waals surface area contributed by atoms with Gasteiger partial charge < -0.3 is 5.32 Å². The third kappa shape index (κ3) is 3.21. The number of aryl methyl sites for hydroxylation is 1. The zero-order chi connectivity index (χ0) is 14.8. The van der Waals surface area contributed by atoms with Gasteiger partial charge in [0.1, 0.15) is 12.2 Å². The van der Waals surface area contributed by atoms with Crippen molar-refractivity contribution in [3.63, 3.8) is 0 Å². The van der Waals surface area contributed by atoms with Crippen LogP contribution in [0.25, 0.3) is 0 Å². The van der Waals surface area contributed by atoms with Gasteiger partial charge in [-0.2, -0.15) is 5.10 Å². The second-order valence-corrected chi connectivity index (χ2v) is 6.64. The molecular formula is C13H22N6S. The van der Waals surface area contributed by atoms with Crippen molar-refractivity contribution in [1.29, 1.82) is 0 Å². The monoisotopic (exact) mass is 294 g/mol. The molecule has 20 heavy (non-hydrogen) atoms. The van der Waals surface area contributed by atoms with Crippen LogP contribution in [0.5, 0.6) is 0 Å². The molecule has 0 saturated carbocycles. The summed E-state index contributed by atoms with van der Waals surface area (Å²) in [5.41, 5.74) is 1.06. The van der Waals surface area contributed by atoms with Gasteiger partial charge in [0.05, 0.1) is 16.6 Å². The summed E-state index contributed by atoms with van der Waals surface area (Å²) in [5.74, 6) is 0.962. The lowest BCUT2D eigenvalue weighted by Crippen LogP contribution is -2.26. The fourth-order valence-electron chi connectivity index (χ4n) is 2.14. The number of hydrogen-bond donors (Lipinski definition) is 1. The summed E-state index contributed by atoms with van der Waals surface area (Å²) in [6.07, 6.45) is 2.38. The van der Waals surface area contributed by atoms with Gasteiger partial charge in [-0.15, -0.1) is 5.10 Å². The molecule has 0 radical (unpaired) electrons. The number of likely N-dealkylation sites (N-methyl/N-ethyl adjacent to an activating group) is 1. The second-order valence-electron chi connectivity index (χ2n) is 5.85. The highest BCUT2D eigenvalue weighted by Gasteiger charge is 2.27. The van der Waals surface area contributed by atoms with Crippen LogP contribution in [-0.2, 0) is 18.9 Å². The molecule has 0 amide bonds. The van der Waals surface area contributed by atoms with Crippen LogP contribution in [0.2, 0.25) is 0 Å². The van der Waals surface area contributed by atoms with E-state index in [0.29, 0.717) is 0 Å². The topological polar surface area (TPSA) is 68.5 Å². The van der Waals surface area contributed by atoms with Crippen LogP contribution < -0.4 is 5.32 Å². The van der Waals surface area contributed by atoms with Crippen LogP contribution in [-0.4, -0.2) is 30.9 Å². The zero-order valence-corrected chi connectivity index (χ0v) is 13.5. The van der Waals surface area contributed by atoms with Crippen molar-refractivity contribution in [3.8, 4) is 0 Å². The van der Waals surface area contributed by atoms with Gasteiger partial charge in [-0.1, -0.05) is 32.2 Å². The molecule has 1 atom stereocenters. The maximum atomic E-state index is 4.33. The number of nitrogens with one attached hydrogen (secondary N) is 1. The van der Waals surface area contributed by atoms with Crippen LogP contribution in [0, 0.1) is 0 Å². The normalized spacial score (nSPS) is 13.7. The molecule has 2 heterocycles. The number of aromatic nitrogens is 5. The predicted octanol–water partition coefficient (Wildman–Crippen LogP) is 1.86. The smallest absolute Gasteiger partial charge is 0.138 e. The Morgan fingerprint density at radius 2 is 2.15 bits per heavy atom. The molecule has 6 nitrogen and oxygen atoms in total. The third-order valence-electron chi connectivity index (χ3n) is 3.18. The molecule has 7 heteroatoms. The van der Waals surface area contributed by atoms with E-state index in [4.69, 9.17) is 0 Å². The molecule has 0 aliphatic heterocycles. The Morgan fingerprint density at radius 3 is 2.70 bits per heavy atom. The lowest BCUT2D eigenvalue weighted by atomic mass is 9.89. The van der Waals surface area contributed by atoms with Gasteiger partial charge in [0.2, 0.25) is 0 Å². The molecule has 110 valence electrons. The number of hydrogen-bond acceptors (Lipinski definition) is 6. The third-order valence-corrected chi connectivity index (χ3v) is 4.02. The predicted molar refractivity (Wildman–Crippen MR) is 79.7 cm³/mol. The first-order valence-electron chi connectivity index (χ1n) is 6.82. The van der Waals surface area contributed by atoms with E-state index in [0.717, 1.165) is 24.5 Å². The summed E-state index contributed by atoms with van der Waals surface area (Å²) in [5, 5.41) is 12.0. The van der Waals surface area contributed by atoms with Gasteiger partial charge in [-0.25, -0.2) is 4.98 Å². The van der Waals surface area contributed by atoms with E-state index in [1.807, 2.05) is 11.7 Å². The van der Waals surface area contributed by atoms with E-state index in [-0.39, 0.29) is 11.5 Å². The number of rotatable bonds is 5. The van der Waals surface area contributed by atoms with E-state index >= 15 is 0 Å². The highest BCUT2D eigenvalue weighted by Crippen LogP contribution is 2.31. The first-order valence-corrected chi connectivity index (χ1v) is 7.59. The minimum Gasteiger partial charge on any atom is -0.309 e. The summed E-state index contributed by atoms with van der Waals surface area (Å²) in [7, 11) is 1.92. The maximum absolute atomic E-state index is 4.33. The SMILES string of the molecule is CCNC(Cc1ncnn1C)c1snnc1C(C)(C)C. The van der Waals surface area contributed by atoms with Gasteiger partial charge in [-0.05, 0) is 18.1 Å². The van der Waals surface area contributed by atoms with Crippen molar-refractivity contribution in [2.45, 2.75) is 45.6 Å². The largest absolute Gasteiger partial charge is 0.309 e. The van der Waals surface area contributed by atoms with Crippen molar-refractivity contribution in [2.75, 3.05) is 6.54 Å². The zero-order valence-electron chi connectivity index (χ0n) is 12.7. The Balaban J connectivity index is 2.30. The van der Waals surface area contributed by atoms with Crippen LogP contribution in [0.1, 0.15) is 50.1 Å². The molecule has 0 aliphatic rings. The lowest BCUT2D eigenvalue weighted by molar-refractivity contribution is 0.500. The highest BCUT2D eigenvalue weighted by atomic mass is 32.1. The summed E-state index contributed by atoms with van der Waals surface area (Å²) in [4.78, 5) is 5.51. The van der Waals surface area contributed by atoms with Crippen molar-refractivity contribution in [1.82, 2.24) is 29.7 Å². The average Bonchev–Trinajstić information content (AvgIpc) is 2.97. The Bertz CT molecular complexity index is 553. The minimum atomic E-state index is -0.00408. The van der Waals surface area contributed by atoms with E-state index in [9.17, 15) is 0 Å². The molecule has 0 aliphatic carbocycles. The Hall–Kier alpha value is -1.34. The molecule has 2 aromatic heterocycles. The molecule has 0 saturated heterocycles. The molecule has 1 N–H and O–H groups in total. The summed E-state index contributed by atoms with van der Waals surface area (Å²) >= 11 is 1.47. The molecule has 2 rings (SSSR count). The van der Waals surface area contributed by atoms with E-state index in [1.165, 1.54) is 16.4 Å². The van der Waals surface area contributed by atoms with Crippen LogP contribution >= 0.6 is 11.5 Å². The van der Waals surface area contributed by atoms with Crippen LogP contribution in [0.4, 0.5) is 0 Å². The van der Waals surface area contributed by atoms with Crippen molar-refractivity contribution < 1.29 is 0 Å². The molecule has 0 aromatic carbocycles. The molecule has 0 fully saturated rings. The molecular weight excluding hydrogens is 272 g/mol. The second kappa shape index (κ2) is 5.97. The van der Waals surface area contributed by atoms with Crippen molar-refractivity contribution >= 4 is 11.5 Å². The van der Waals surface area contributed by atoms with E-state index < -0.39 is 0 Å². The summed E-state index contributed by atoms with van der Waals surface area (Å²) in [6.45, 7) is 9.49. The summed E-state index contributed by atoms with van der Waals surface area (Å²) in [6, 6.07) is 0.178. The minimum absolute atomic E-state index is 0.00408. The average molecular weight is 294 g/mol. The van der Waals surface area contributed by atoms with Gasteiger partial charge >= 0.3 is 0 Å². The Labute approximate surface area is 123 Å². The van der Waals surface area contributed by atoms with Crippen LogP contribution in [0.3, 0.4) is 0 Å². The quantitative estimate of drug-likeness (QED) is 0.911. The van der Waals surface area contributed by atoms with Gasteiger partial charge in [0.25, 0.3) is 0 Å². The van der Waals surface area contributed by atoms with Crippen molar-refractivity contribution in [3.05, 3.63) is 22.7 Å². The first kappa shape index (κ1) is 15.1. The number of nitrogens with zero attached hydrogens (tertiary/aromatic N) is 5.